The van der Waals surface area contributed by atoms with Crippen LogP contribution in [0.5, 0.6) is 11.5 Å². The van der Waals surface area contributed by atoms with Crippen LogP contribution in [0.1, 0.15) is 18.4 Å². The Kier molecular flexibility index (Phi) is 5.57. The van der Waals surface area contributed by atoms with Gasteiger partial charge in [0.05, 0.1) is 14.2 Å². The molecule has 0 atom stereocenters. The minimum atomic E-state index is 0.0880. The molecule has 0 unspecified atom stereocenters. The largest absolute Gasteiger partial charge is 0.493 e. The van der Waals surface area contributed by atoms with Crippen molar-refractivity contribution in [2.45, 2.75) is 12.8 Å². The van der Waals surface area contributed by atoms with Gasteiger partial charge in [-0.3, -0.25) is 4.79 Å². The Bertz CT molecular complexity index is 673. The molecule has 1 aliphatic carbocycles. The van der Waals surface area contributed by atoms with E-state index in [9.17, 15) is 4.79 Å². The summed E-state index contributed by atoms with van der Waals surface area (Å²) < 4.78 is 10.5. The van der Waals surface area contributed by atoms with Gasteiger partial charge >= 0.3 is 0 Å². The first-order valence-corrected chi connectivity index (χ1v) is 7.43. The molecule has 0 heterocycles. The smallest absolute Gasteiger partial charge is 0.185 e. The first-order chi connectivity index (χ1) is 11.0. The third-order valence-electron chi connectivity index (χ3n) is 3.57. The van der Waals surface area contributed by atoms with E-state index in [0.717, 1.165) is 29.6 Å². The lowest BCUT2D eigenvalue weighted by molar-refractivity contribution is -0.111. The predicted octanol–water partition coefficient (Wildman–Crippen LogP) is 2.92. The highest BCUT2D eigenvalue weighted by atomic mass is 16.5. The van der Waals surface area contributed by atoms with Crippen LogP contribution >= 0.6 is 0 Å². The van der Waals surface area contributed by atoms with Gasteiger partial charge in [0.1, 0.15) is 0 Å². The van der Waals surface area contributed by atoms with Crippen molar-refractivity contribution in [3.63, 3.8) is 0 Å². The van der Waals surface area contributed by atoms with Crippen LogP contribution < -0.4 is 9.47 Å². The molecule has 23 heavy (non-hydrogen) atoms. The summed E-state index contributed by atoms with van der Waals surface area (Å²) in [6, 6.07) is 5.62. The zero-order valence-electron chi connectivity index (χ0n) is 14.0. The van der Waals surface area contributed by atoms with E-state index in [1.165, 1.54) is 0 Å². The summed E-state index contributed by atoms with van der Waals surface area (Å²) in [5.41, 5.74) is 2.53. The molecule has 1 aromatic carbocycles. The Morgan fingerprint density at radius 1 is 1.09 bits per heavy atom. The molecular weight excluding hydrogens is 292 g/mol. The second-order valence-corrected chi connectivity index (χ2v) is 5.42. The fourth-order valence-corrected chi connectivity index (χ4v) is 2.40. The number of carbonyl (C=O) groups is 1. The molecule has 0 aromatic heterocycles. The summed E-state index contributed by atoms with van der Waals surface area (Å²) in [5.74, 6) is 1.42. The Labute approximate surface area is 136 Å². The number of ether oxygens (including phenoxy) is 2. The summed E-state index contributed by atoms with van der Waals surface area (Å²) in [5, 5.41) is 5.79. The summed E-state index contributed by atoms with van der Waals surface area (Å²) in [6.07, 6.45) is 6.85. The van der Waals surface area contributed by atoms with E-state index >= 15 is 0 Å². The van der Waals surface area contributed by atoms with Crippen LogP contribution in [0, 0.1) is 0 Å². The van der Waals surface area contributed by atoms with Crippen molar-refractivity contribution in [1.29, 1.82) is 0 Å². The number of Topliss-reactive ketones (excluding diaryl/α,β-unsaturated/α-hetero) is 1. The fraction of sp³-hybridized carbons (Fsp3) is 0.333. The Morgan fingerprint density at radius 2 is 1.78 bits per heavy atom. The van der Waals surface area contributed by atoms with Crippen LogP contribution in [0.2, 0.25) is 0 Å². The molecule has 1 saturated carbocycles. The van der Waals surface area contributed by atoms with Crippen molar-refractivity contribution in [1.82, 2.24) is 5.01 Å². The van der Waals surface area contributed by atoms with Gasteiger partial charge < -0.3 is 14.5 Å². The lowest BCUT2D eigenvalue weighted by Crippen LogP contribution is -2.01. The molecule has 2 rings (SSSR count). The fourth-order valence-electron chi connectivity index (χ4n) is 2.40. The van der Waals surface area contributed by atoms with Crippen molar-refractivity contribution in [2.75, 3.05) is 28.3 Å². The van der Waals surface area contributed by atoms with Crippen molar-refractivity contribution in [2.24, 2.45) is 5.10 Å². The topological polar surface area (TPSA) is 51.1 Å². The molecule has 0 spiro atoms. The molecule has 0 amide bonds. The minimum absolute atomic E-state index is 0.0880. The maximum absolute atomic E-state index is 12.4. The maximum Gasteiger partial charge on any atom is 0.185 e. The molecule has 0 aliphatic heterocycles. The van der Waals surface area contributed by atoms with E-state index in [0.29, 0.717) is 11.5 Å². The van der Waals surface area contributed by atoms with E-state index < -0.39 is 0 Å². The number of nitrogens with zero attached hydrogens (tertiary/aromatic N) is 2. The number of hydrogen-bond acceptors (Lipinski definition) is 5. The number of hydrazone groups is 1. The first-order valence-electron chi connectivity index (χ1n) is 7.43. The normalized spacial score (nSPS) is 18.2. The zero-order valence-corrected chi connectivity index (χ0v) is 14.0. The van der Waals surface area contributed by atoms with Gasteiger partial charge in [0.15, 0.2) is 17.3 Å². The standard InChI is InChI=1S/C18H22N2O3/c1-20(2)19-10-9-14-6-7-15(18(14)21)11-13-5-8-16(22-3)17(12-13)23-4/h5,8-12H,6-7H2,1-4H3/b14-9+,15-11+,19-10+. The van der Waals surface area contributed by atoms with Crippen molar-refractivity contribution in [3.05, 3.63) is 41.0 Å². The van der Waals surface area contributed by atoms with Gasteiger partial charge in [-0.15, -0.1) is 0 Å². The number of benzene rings is 1. The Hall–Kier alpha value is -2.56. The summed E-state index contributed by atoms with van der Waals surface area (Å²) >= 11 is 0. The van der Waals surface area contributed by atoms with Gasteiger partial charge in [-0.05, 0) is 42.7 Å². The number of carbonyl (C=O) groups excluding carboxylic acids is 1. The van der Waals surface area contributed by atoms with Crippen LogP contribution in [-0.2, 0) is 4.79 Å². The van der Waals surface area contributed by atoms with Gasteiger partial charge in [-0.2, -0.15) is 5.10 Å². The van der Waals surface area contributed by atoms with Crippen LogP contribution in [-0.4, -0.2) is 45.3 Å². The third kappa shape index (κ3) is 4.22. The molecule has 122 valence electrons. The van der Waals surface area contributed by atoms with Crippen LogP contribution in [0.15, 0.2) is 40.5 Å². The lowest BCUT2D eigenvalue weighted by Gasteiger charge is -2.08. The highest BCUT2D eigenvalue weighted by Gasteiger charge is 2.22. The average molecular weight is 314 g/mol. The van der Waals surface area contributed by atoms with Gasteiger partial charge in [0.25, 0.3) is 0 Å². The first kappa shape index (κ1) is 16.8. The average Bonchev–Trinajstić information content (AvgIpc) is 2.87. The van der Waals surface area contributed by atoms with Crippen molar-refractivity contribution < 1.29 is 14.3 Å². The number of rotatable bonds is 5. The lowest BCUT2D eigenvalue weighted by atomic mass is 10.1. The molecule has 1 fully saturated rings. The molecular formula is C18H22N2O3. The van der Waals surface area contributed by atoms with Crippen LogP contribution in [0.4, 0.5) is 0 Å². The van der Waals surface area contributed by atoms with Gasteiger partial charge in [0, 0.05) is 31.5 Å². The highest BCUT2D eigenvalue weighted by molar-refractivity contribution is 6.14. The molecule has 0 radical (unpaired) electrons. The minimum Gasteiger partial charge on any atom is -0.493 e. The molecule has 1 aliphatic rings. The Balaban J connectivity index is 2.20. The molecule has 1 aromatic rings. The van der Waals surface area contributed by atoms with Crippen LogP contribution in [0.3, 0.4) is 0 Å². The van der Waals surface area contributed by atoms with Gasteiger partial charge in [0.2, 0.25) is 0 Å². The van der Waals surface area contributed by atoms with E-state index in [2.05, 4.69) is 5.10 Å². The van der Waals surface area contributed by atoms with E-state index in [1.54, 1.807) is 31.5 Å². The number of hydrogen-bond donors (Lipinski definition) is 0. The molecule has 0 N–H and O–H groups in total. The van der Waals surface area contributed by atoms with Crippen molar-refractivity contribution >= 4 is 18.1 Å². The van der Waals surface area contributed by atoms with Gasteiger partial charge in [-0.1, -0.05) is 6.07 Å². The SMILES string of the molecule is COc1ccc(/C=C2\CC/C(=C\C=N\N(C)C)C2=O)cc1OC. The quantitative estimate of drug-likeness (QED) is 0.476. The third-order valence-corrected chi connectivity index (χ3v) is 3.57. The molecule has 5 heteroatoms. The van der Waals surface area contributed by atoms with E-state index in [4.69, 9.17) is 9.47 Å². The number of allylic oxidation sites excluding steroid dienone is 3. The summed E-state index contributed by atoms with van der Waals surface area (Å²) in [6.45, 7) is 0. The molecule has 0 saturated heterocycles. The Morgan fingerprint density at radius 3 is 2.43 bits per heavy atom. The highest BCUT2D eigenvalue weighted by Crippen LogP contribution is 2.31. The monoisotopic (exact) mass is 314 g/mol. The number of ketones is 1. The number of methoxy groups -OCH3 is 2. The second kappa shape index (κ2) is 7.63. The van der Waals surface area contributed by atoms with Crippen molar-refractivity contribution in [3.8, 4) is 11.5 Å². The van der Waals surface area contributed by atoms with Crippen LogP contribution in [0.25, 0.3) is 6.08 Å². The summed E-state index contributed by atoms with van der Waals surface area (Å²) in [4.78, 5) is 12.4. The second-order valence-electron chi connectivity index (χ2n) is 5.42. The summed E-state index contributed by atoms with van der Waals surface area (Å²) in [7, 11) is 6.88. The maximum atomic E-state index is 12.4. The zero-order chi connectivity index (χ0) is 16.8. The van der Waals surface area contributed by atoms with E-state index in [-0.39, 0.29) is 5.78 Å². The molecule has 5 nitrogen and oxygen atoms in total. The van der Waals surface area contributed by atoms with E-state index in [1.807, 2.05) is 38.4 Å². The van der Waals surface area contributed by atoms with Gasteiger partial charge in [-0.25, -0.2) is 0 Å². The predicted molar refractivity (Wildman–Crippen MR) is 92.0 cm³/mol. The molecule has 0 bridgehead atoms.